The van der Waals surface area contributed by atoms with E-state index in [2.05, 4.69) is 20.5 Å². The van der Waals surface area contributed by atoms with Gasteiger partial charge >= 0.3 is 0 Å². The number of aryl methyl sites for hydroxylation is 1. The van der Waals surface area contributed by atoms with E-state index in [1.54, 1.807) is 16.8 Å². The fourth-order valence-electron chi connectivity index (χ4n) is 2.44. The minimum absolute atomic E-state index is 0.297. The molecule has 0 aliphatic rings. The zero-order chi connectivity index (χ0) is 15.1. The number of rotatable bonds is 2. The Bertz CT molecular complexity index is 992. The Morgan fingerprint density at radius 1 is 1.14 bits per heavy atom. The molecule has 0 radical (unpaired) electrons. The van der Waals surface area contributed by atoms with E-state index in [1.807, 2.05) is 31.2 Å². The highest BCUT2D eigenvalue weighted by Crippen LogP contribution is 2.24. The van der Waals surface area contributed by atoms with Crippen LogP contribution in [0.4, 0.5) is 16.0 Å². The minimum Gasteiger partial charge on any atom is -0.325 e. The number of hydrogen-bond donors (Lipinski definition) is 1. The Hall–Kier alpha value is -3.02. The Labute approximate surface area is 125 Å². The van der Waals surface area contributed by atoms with Crippen molar-refractivity contribution in [3.8, 4) is 0 Å². The van der Waals surface area contributed by atoms with Crippen LogP contribution >= 0.6 is 0 Å². The summed E-state index contributed by atoms with van der Waals surface area (Å²) < 4.78 is 15.2. The number of nitrogens with one attached hydrogen (secondary N) is 1. The third-order valence-electron chi connectivity index (χ3n) is 3.59. The second-order valence-electron chi connectivity index (χ2n) is 5.06. The van der Waals surface area contributed by atoms with Crippen LogP contribution in [0.15, 0.2) is 48.8 Å². The van der Waals surface area contributed by atoms with Gasteiger partial charge in [0.1, 0.15) is 12.1 Å². The molecular formula is C16H12FN5. The highest BCUT2D eigenvalue weighted by molar-refractivity contribution is 5.92. The van der Waals surface area contributed by atoms with Crippen LogP contribution in [0.1, 0.15) is 5.56 Å². The average Bonchev–Trinajstić information content (AvgIpc) is 3.01. The molecule has 0 saturated carbocycles. The molecule has 22 heavy (non-hydrogen) atoms. The molecule has 6 heteroatoms. The molecule has 0 aliphatic carbocycles. The monoisotopic (exact) mass is 293 g/mol. The molecule has 0 aliphatic heterocycles. The molecule has 0 bridgehead atoms. The topological polar surface area (TPSA) is 55.1 Å². The van der Waals surface area contributed by atoms with E-state index in [1.165, 1.54) is 12.1 Å². The van der Waals surface area contributed by atoms with Gasteiger partial charge in [-0.2, -0.15) is 0 Å². The molecule has 2 aromatic heterocycles. The van der Waals surface area contributed by atoms with Crippen LogP contribution in [0.3, 0.4) is 0 Å². The number of aromatic nitrogens is 4. The molecule has 2 aromatic carbocycles. The summed E-state index contributed by atoms with van der Waals surface area (Å²) in [5, 5.41) is 12.2. The fourth-order valence-corrected chi connectivity index (χ4v) is 2.44. The first-order valence-electron chi connectivity index (χ1n) is 6.84. The van der Waals surface area contributed by atoms with Gasteiger partial charge in [0.15, 0.2) is 5.65 Å². The lowest BCUT2D eigenvalue weighted by Crippen LogP contribution is -2.03. The average molecular weight is 293 g/mol. The van der Waals surface area contributed by atoms with Gasteiger partial charge in [0.05, 0.1) is 5.52 Å². The van der Waals surface area contributed by atoms with E-state index >= 15 is 0 Å². The van der Waals surface area contributed by atoms with Crippen LogP contribution in [0.5, 0.6) is 0 Å². The molecule has 0 atom stereocenters. The van der Waals surface area contributed by atoms with Crippen LogP contribution < -0.4 is 5.32 Å². The largest absolute Gasteiger partial charge is 0.325 e. The van der Waals surface area contributed by atoms with Crippen molar-refractivity contribution in [2.75, 3.05) is 5.32 Å². The first-order chi connectivity index (χ1) is 10.7. The number of nitrogens with zero attached hydrogens (tertiary/aromatic N) is 4. The van der Waals surface area contributed by atoms with E-state index in [4.69, 9.17) is 0 Å². The van der Waals surface area contributed by atoms with E-state index in [-0.39, 0.29) is 5.82 Å². The summed E-state index contributed by atoms with van der Waals surface area (Å²) >= 11 is 0. The summed E-state index contributed by atoms with van der Waals surface area (Å²) in [6.07, 6.45) is 1.59. The Kier molecular flexibility index (Phi) is 2.75. The first-order valence-corrected chi connectivity index (χ1v) is 6.84. The van der Waals surface area contributed by atoms with Crippen molar-refractivity contribution in [2.24, 2.45) is 0 Å². The van der Waals surface area contributed by atoms with Gasteiger partial charge in [0.2, 0.25) is 5.95 Å². The van der Waals surface area contributed by atoms with Crippen LogP contribution in [0.25, 0.3) is 16.6 Å². The van der Waals surface area contributed by atoms with Gasteiger partial charge in [0.25, 0.3) is 0 Å². The predicted molar refractivity (Wildman–Crippen MR) is 82.7 cm³/mol. The second-order valence-corrected chi connectivity index (χ2v) is 5.06. The normalized spacial score (nSPS) is 11.2. The highest BCUT2D eigenvalue weighted by Gasteiger charge is 2.10. The maximum Gasteiger partial charge on any atom is 0.215 e. The Balaban J connectivity index is 1.93. The van der Waals surface area contributed by atoms with Gasteiger partial charge in [-0.1, -0.05) is 18.2 Å². The molecule has 0 fully saturated rings. The molecule has 108 valence electrons. The highest BCUT2D eigenvalue weighted by atomic mass is 19.1. The zero-order valence-corrected chi connectivity index (χ0v) is 11.8. The number of hydrogen-bond acceptors (Lipinski definition) is 4. The number of benzene rings is 2. The minimum atomic E-state index is -0.297. The standard InChI is InChI=1S/C16H12FN5/c1-10-6-7-11(17)8-14(10)20-16-19-13-5-3-2-4-12(13)15-21-18-9-22(15)16/h2-9H,1H3,(H,19,20). The summed E-state index contributed by atoms with van der Waals surface area (Å²) in [7, 11) is 0. The van der Waals surface area contributed by atoms with Gasteiger partial charge in [-0.3, -0.25) is 4.40 Å². The summed E-state index contributed by atoms with van der Waals surface area (Å²) in [4.78, 5) is 4.59. The third-order valence-corrected chi connectivity index (χ3v) is 3.59. The maximum absolute atomic E-state index is 13.5. The number of fused-ring (bicyclic) bond motifs is 3. The predicted octanol–water partition coefficient (Wildman–Crippen LogP) is 3.47. The molecular weight excluding hydrogens is 281 g/mol. The number of para-hydroxylation sites is 1. The zero-order valence-electron chi connectivity index (χ0n) is 11.8. The van der Waals surface area contributed by atoms with Crippen molar-refractivity contribution in [2.45, 2.75) is 6.92 Å². The van der Waals surface area contributed by atoms with Crippen molar-refractivity contribution in [1.82, 2.24) is 19.6 Å². The van der Waals surface area contributed by atoms with Crippen LogP contribution in [-0.4, -0.2) is 19.6 Å². The SMILES string of the molecule is Cc1ccc(F)cc1Nc1nc2ccccc2c2nncn12. The lowest BCUT2D eigenvalue weighted by Gasteiger charge is -2.11. The van der Waals surface area contributed by atoms with Crippen molar-refractivity contribution in [3.05, 3.63) is 60.2 Å². The van der Waals surface area contributed by atoms with Gasteiger partial charge in [-0.05, 0) is 36.8 Å². The summed E-state index contributed by atoms with van der Waals surface area (Å²) in [6, 6.07) is 12.3. The third kappa shape index (κ3) is 1.96. The number of halogens is 1. The van der Waals surface area contributed by atoms with Gasteiger partial charge < -0.3 is 5.32 Å². The van der Waals surface area contributed by atoms with E-state index in [0.717, 1.165) is 16.5 Å². The van der Waals surface area contributed by atoms with Crippen molar-refractivity contribution >= 4 is 28.2 Å². The molecule has 1 N–H and O–H groups in total. The van der Waals surface area contributed by atoms with Crippen LogP contribution in [0, 0.1) is 12.7 Å². The quantitative estimate of drug-likeness (QED) is 0.615. The fraction of sp³-hybridized carbons (Fsp3) is 0.0625. The van der Waals surface area contributed by atoms with Crippen molar-refractivity contribution in [1.29, 1.82) is 0 Å². The van der Waals surface area contributed by atoms with Crippen LogP contribution in [-0.2, 0) is 0 Å². The summed E-state index contributed by atoms with van der Waals surface area (Å²) in [5.41, 5.74) is 3.11. The first kappa shape index (κ1) is 12.7. The molecule has 0 amide bonds. The molecule has 2 heterocycles. The van der Waals surface area contributed by atoms with E-state index in [9.17, 15) is 4.39 Å². The molecule has 5 nitrogen and oxygen atoms in total. The molecule has 0 unspecified atom stereocenters. The molecule has 4 rings (SSSR count). The van der Waals surface area contributed by atoms with Gasteiger partial charge in [-0.25, -0.2) is 9.37 Å². The molecule has 0 saturated heterocycles. The lowest BCUT2D eigenvalue weighted by atomic mass is 10.2. The van der Waals surface area contributed by atoms with Gasteiger partial charge in [-0.15, -0.1) is 10.2 Å². The van der Waals surface area contributed by atoms with Crippen molar-refractivity contribution < 1.29 is 4.39 Å². The summed E-state index contributed by atoms with van der Waals surface area (Å²) in [6.45, 7) is 1.91. The van der Waals surface area contributed by atoms with Crippen molar-refractivity contribution in [3.63, 3.8) is 0 Å². The Morgan fingerprint density at radius 2 is 2.00 bits per heavy atom. The molecule has 4 aromatic rings. The summed E-state index contributed by atoms with van der Waals surface area (Å²) in [5.74, 6) is 0.251. The van der Waals surface area contributed by atoms with E-state index in [0.29, 0.717) is 17.3 Å². The van der Waals surface area contributed by atoms with E-state index < -0.39 is 0 Å². The molecule has 0 spiro atoms. The van der Waals surface area contributed by atoms with Crippen LogP contribution in [0.2, 0.25) is 0 Å². The lowest BCUT2D eigenvalue weighted by molar-refractivity contribution is 0.628. The smallest absolute Gasteiger partial charge is 0.215 e. The Morgan fingerprint density at radius 3 is 2.91 bits per heavy atom. The maximum atomic E-state index is 13.5. The van der Waals surface area contributed by atoms with Gasteiger partial charge in [0, 0.05) is 11.1 Å². The second kappa shape index (κ2) is 4.77. The number of anilines is 2.